The highest BCUT2D eigenvalue weighted by Gasteiger charge is 2.21. The van der Waals surface area contributed by atoms with Gasteiger partial charge in [-0.2, -0.15) is 4.37 Å². The van der Waals surface area contributed by atoms with Gasteiger partial charge >= 0.3 is 6.03 Å². The zero-order chi connectivity index (χ0) is 18.2. The molecule has 0 unspecified atom stereocenters. The van der Waals surface area contributed by atoms with E-state index in [9.17, 15) is 14.5 Å². The van der Waals surface area contributed by atoms with Gasteiger partial charge in [0, 0.05) is 25.8 Å². The molecule has 2 rings (SSSR count). The van der Waals surface area contributed by atoms with E-state index in [4.69, 9.17) is 10.5 Å². The van der Waals surface area contributed by atoms with Gasteiger partial charge in [0.05, 0.1) is 5.69 Å². The molecule has 0 aliphatic carbocycles. The molecule has 4 N–H and O–H groups in total. The molecule has 1 heterocycles. The molecule has 1 aromatic heterocycles. The summed E-state index contributed by atoms with van der Waals surface area (Å²) in [6.07, 6.45) is 0.664. The molecule has 0 fully saturated rings. The SMILES string of the molecule is COCCCNC(=O)Nc1snc(-c2ccc(N=O)cc2)c1C(N)=O. The first kappa shape index (κ1) is 18.5. The van der Waals surface area contributed by atoms with Crippen LogP contribution in [0.4, 0.5) is 15.5 Å². The van der Waals surface area contributed by atoms with E-state index in [-0.39, 0.29) is 16.3 Å². The maximum atomic E-state index is 11.9. The Balaban J connectivity index is 2.17. The van der Waals surface area contributed by atoms with Gasteiger partial charge in [-0.1, -0.05) is 12.1 Å². The smallest absolute Gasteiger partial charge is 0.319 e. The van der Waals surface area contributed by atoms with Crippen molar-refractivity contribution in [3.63, 3.8) is 0 Å². The third-order valence-corrected chi connectivity index (χ3v) is 3.99. The molecular formula is C15H17N5O4S. The second-order valence-corrected chi connectivity index (χ2v) is 5.74. The van der Waals surface area contributed by atoms with Crippen LogP contribution in [-0.4, -0.2) is 36.6 Å². The Bertz CT molecular complexity index is 760. The summed E-state index contributed by atoms with van der Waals surface area (Å²) in [7, 11) is 1.58. The van der Waals surface area contributed by atoms with Crippen molar-refractivity contribution < 1.29 is 14.3 Å². The lowest BCUT2D eigenvalue weighted by molar-refractivity contribution is 0.100. The molecule has 0 radical (unpaired) electrons. The normalized spacial score (nSPS) is 10.3. The second-order valence-electron chi connectivity index (χ2n) is 4.96. The number of hydrogen-bond donors (Lipinski definition) is 3. The zero-order valence-corrected chi connectivity index (χ0v) is 14.3. The van der Waals surface area contributed by atoms with Gasteiger partial charge in [-0.25, -0.2) is 4.79 Å². The Labute approximate surface area is 147 Å². The lowest BCUT2D eigenvalue weighted by Gasteiger charge is -2.07. The van der Waals surface area contributed by atoms with E-state index in [2.05, 4.69) is 20.2 Å². The van der Waals surface area contributed by atoms with Crippen molar-refractivity contribution in [1.29, 1.82) is 0 Å². The molecule has 0 bridgehead atoms. The largest absolute Gasteiger partial charge is 0.385 e. The van der Waals surface area contributed by atoms with Crippen molar-refractivity contribution in [1.82, 2.24) is 9.69 Å². The van der Waals surface area contributed by atoms with Gasteiger partial charge in [0.25, 0.3) is 5.91 Å². The summed E-state index contributed by atoms with van der Waals surface area (Å²) in [6, 6.07) is 5.75. The van der Waals surface area contributed by atoms with Crippen LogP contribution < -0.4 is 16.4 Å². The number of amides is 3. The maximum absolute atomic E-state index is 11.9. The minimum Gasteiger partial charge on any atom is -0.385 e. The van der Waals surface area contributed by atoms with Crippen molar-refractivity contribution in [2.45, 2.75) is 6.42 Å². The number of rotatable bonds is 8. The number of anilines is 1. The summed E-state index contributed by atoms with van der Waals surface area (Å²) in [5.41, 5.74) is 6.74. The summed E-state index contributed by atoms with van der Waals surface area (Å²) in [4.78, 5) is 34.2. The first-order valence-electron chi connectivity index (χ1n) is 7.34. The average molecular weight is 363 g/mol. The van der Waals surface area contributed by atoms with Gasteiger partial charge in [0.1, 0.15) is 16.3 Å². The van der Waals surface area contributed by atoms with Gasteiger partial charge in [0.15, 0.2) is 0 Å². The molecule has 9 nitrogen and oxygen atoms in total. The minimum absolute atomic E-state index is 0.115. The van der Waals surface area contributed by atoms with Gasteiger partial charge < -0.3 is 15.8 Å². The van der Waals surface area contributed by atoms with Gasteiger partial charge in [0.2, 0.25) is 0 Å². The molecule has 1 aromatic carbocycles. The van der Waals surface area contributed by atoms with Crippen LogP contribution in [0.15, 0.2) is 29.4 Å². The summed E-state index contributed by atoms with van der Waals surface area (Å²) in [6.45, 7) is 0.959. The fourth-order valence-electron chi connectivity index (χ4n) is 2.05. The number of hydrogen-bond acceptors (Lipinski definition) is 7. The van der Waals surface area contributed by atoms with Crippen molar-refractivity contribution in [3.05, 3.63) is 34.7 Å². The summed E-state index contributed by atoms with van der Waals surface area (Å²) in [5, 5.41) is 8.29. The zero-order valence-electron chi connectivity index (χ0n) is 13.4. The molecular weight excluding hydrogens is 346 g/mol. The summed E-state index contributed by atoms with van der Waals surface area (Å²) < 4.78 is 9.09. The van der Waals surface area contributed by atoms with Gasteiger partial charge in [-0.05, 0) is 35.3 Å². The number of methoxy groups -OCH3 is 1. The predicted molar refractivity (Wildman–Crippen MR) is 95.0 cm³/mol. The van der Waals surface area contributed by atoms with Gasteiger partial charge in [-0.15, -0.1) is 4.91 Å². The van der Waals surface area contributed by atoms with E-state index < -0.39 is 11.9 Å². The number of nitrogens with zero attached hydrogens (tertiary/aromatic N) is 2. The number of carbonyl (C=O) groups is 2. The number of aromatic nitrogens is 1. The van der Waals surface area contributed by atoms with Crippen LogP contribution in [0, 0.1) is 4.91 Å². The molecule has 2 aromatic rings. The molecule has 0 aliphatic rings. The Morgan fingerprint density at radius 2 is 2.04 bits per heavy atom. The van der Waals surface area contributed by atoms with Crippen LogP contribution in [0.25, 0.3) is 11.3 Å². The molecule has 0 saturated carbocycles. The van der Waals surface area contributed by atoms with Crippen LogP contribution in [0.5, 0.6) is 0 Å². The topological polar surface area (TPSA) is 136 Å². The molecule has 0 atom stereocenters. The number of primary amides is 1. The number of nitrogens with two attached hydrogens (primary N) is 1. The number of nitrogens with one attached hydrogen (secondary N) is 2. The first-order chi connectivity index (χ1) is 12.1. The van der Waals surface area contributed by atoms with E-state index >= 15 is 0 Å². The monoisotopic (exact) mass is 363 g/mol. The molecule has 3 amide bonds. The highest BCUT2D eigenvalue weighted by atomic mass is 32.1. The van der Waals surface area contributed by atoms with Crippen LogP contribution in [-0.2, 0) is 4.74 Å². The molecule has 0 aliphatic heterocycles. The Morgan fingerprint density at radius 3 is 2.64 bits per heavy atom. The first-order valence-corrected chi connectivity index (χ1v) is 8.11. The van der Waals surface area contributed by atoms with E-state index in [1.165, 1.54) is 12.1 Å². The molecule has 0 spiro atoms. The highest BCUT2D eigenvalue weighted by molar-refractivity contribution is 7.11. The Kier molecular flexibility index (Phi) is 6.54. The predicted octanol–water partition coefficient (Wildman–Crippen LogP) is 2.46. The van der Waals surface area contributed by atoms with Crippen molar-refractivity contribution >= 4 is 34.2 Å². The maximum Gasteiger partial charge on any atom is 0.319 e. The third-order valence-electron chi connectivity index (χ3n) is 3.22. The molecule has 10 heteroatoms. The lowest BCUT2D eigenvalue weighted by atomic mass is 10.1. The Hall–Kier alpha value is -2.85. The van der Waals surface area contributed by atoms with Crippen molar-refractivity contribution in [2.75, 3.05) is 25.6 Å². The fourth-order valence-corrected chi connectivity index (χ4v) is 2.85. The number of ether oxygens (including phenoxy) is 1. The number of carbonyl (C=O) groups excluding carboxylic acids is 2. The average Bonchev–Trinajstić information content (AvgIpc) is 3.02. The van der Waals surface area contributed by atoms with E-state index in [0.29, 0.717) is 30.8 Å². The van der Waals surface area contributed by atoms with E-state index in [0.717, 1.165) is 11.5 Å². The van der Waals surface area contributed by atoms with Crippen molar-refractivity contribution in [2.24, 2.45) is 10.9 Å². The summed E-state index contributed by atoms with van der Waals surface area (Å²) in [5.74, 6) is -0.712. The number of benzene rings is 1. The lowest BCUT2D eigenvalue weighted by Crippen LogP contribution is -2.30. The van der Waals surface area contributed by atoms with Crippen LogP contribution >= 0.6 is 11.5 Å². The third kappa shape index (κ3) is 4.81. The van der Waals surface area contributed by atoms with Gasteiger partial charge in [-0.3, -0.25) is 10.1 Å². The molecule has 0 saturated heterocycles. The minimum atomic E-state index is -0.712. The quantitative estimate of drug-likeness (QED) is 0.489. The number of urea groups is 1. The van der Waals surface area contributed by atoms with Crippen LogP contribution in [0.1, 0.15) is 16.8 Å². The van der Waals surface area contributed by atoms with E-state index in [1.54, 1.807) is 19.2 Å². The fraction of sp³-hybridized carbons (Fsp3) is 0.267. The highest BCUT2D eigenvalue weighted by Crippen LogP contribution is 2.32. The molecule has 132 valence electrons. The summed E-state index contributed by atoms with van der Waals surface area (Å²) >= 11 is 0.949. The second kappa shape index (κ2) is 8.85. The standard InChI is InChI=1S/C15H17N5O4S/c1-24-8-2-7-17-15(22)18-14-11(13(16)21)12(20-25-14)9-3-5-10(19-23)6-4-9/h3-6H,2,7-8H2,1H3,(H2,16,21)(H2,17,18,22). The van der Waals surface area contributed by atoms with Crippen LogP contribution in [0.3, 0.4) is 0 Å². The van der Waals surface area contributed by atoms with E-state index in [1.807, 2.05) is 0 Å². The van der Waals surface area contributed by atoms with Crippen molar-refractivity contribution in [3.8, 4) is 11.3 Å². The van der Waals surface area contributed by atoms with Crippen LogP contribution in [0.2, 0.25) is 0 Å². The Morgan fingerprint density at radius 1 is 1.32 bits per heavy atom. The molecule has 25 heavy (non-hydrogen) atoms. The number of nitroso groups, excluding NO2 is 1.